The van der Waals surface area contributed by atoms with E-state index >= 15 is 4.39 Å². The Labute approximate surface area is 309 Å². The van der Waals surface area contributed by atoms with Gasteiger partial charge >= 0.3 is 6.01 Å². The summed E-state index contributed by atoms with van der Waals surface area (Å²) in [5.74, 6) is 2.81. The van der Waals surface area contributed by atoms with Crippen LogP contribution in [0.5, 0.6) is 11.8 Å². The third kappa shape index (κ3) is 5.93. The van der Waals surface area contributed by atoms with Gasteiger partial charge in [-0.2, -0.15) is 9.97 Å². The summed E-state index contributed by atoms with van der Waals surface area (Å²) in [7, 11) is -0.653. The van der Waals surface area contributed by atoms with Crippen molar-refractivity contribution in [3.8, 4) is 35.4 Å². The van der Waals surface area contributed by atoms with Crippen LogP contribution >= 0.6 is 0 Å². The molecule has 0 bridgehead atoms. The number of aromatic nitrogens is 3. The number of halogens is 2. The maximum Gasteiger partial charge on any atom is 0.319 e. The van der Waals surface area contributed by atoms with Crippen LogP contribution in [0.3, 0.4) is 0 Å². The van der Waals surface area contributed by atoms with Crippen molar-refractivity contribution in [2.75, 3.05) is 55.9 Å². The van der Waals surface area contributed by atoms with Crippen molar-refractivity contribution in [3.05, 3.63) is 47.7 Å². The highest BCUT2D eigenvalue weighted by atomic mass is 32.2. The van der Waals surface area contributed by atoms with E-state index in [0.717, 1.165) is 63.0 Å². The zero-order valence-electron chi connectivity index (χ0n) is 29.7. The summed E-state index contributed by atoms with van der Waals surface area (Å²) < 4.78 is 56.2. The number of hydrogen-bond acceptors (Lipinski definition) is 10. The van der Waals surface area contributed by atoms with Gasteiger partial charge in [-0.25, -0.2) is 8.78 Å². The summed E-state index contributed by atoms with van der Waals surface area (Å²) in [6.07, 6.45) is 14.7. The molecule has 0 amide bonds. The predicted octanol–water partition coefficient (Wildman–Crippen LogP) is 5.32. The van der Waals surface area contributed by atoms with E-state index in [1.807, 2.05) is 4.90 Å². The topological polar surface area (TPSA) is 121 Å². The Kier molecular flexibility index (Phi) is 8.42. The van der Waals surface area contributed by atoms with Crippen LogP contribution in [0.1, 0.15) is 57.4 Å². The van der Waals surface area contributed by atoms with Gasteiger partial charge in [-0.15, -0.1) is 6.42 Å². The van der Waals surface area contributed by atoms with E-state index in [2.05, 4.69) is 20.8 Å². The largest absolute Gasteiger partial charge is 0.508 e. The fraction of sp³-hybridized carbons (Fsp3) is 0.525. The molecule has 53 heavy (non-hydrogen) atoms. The molecule has 5 aliphatic rings. The predicted molar refractivity (Wildman–Crippen MR) is 198 cm³/mol. The quantitative estimate of drug-likeness (QED) is 0.251. The molecule has 5 fully saturated rings. The number of anilines is 1. The summed E-state index contributed by atoms with van der Waals surface area (Å²) in [5, 5.41) is 22.7. The number of benzene rings is 2. The van der Waals surface area contributed by atoms with Gasteiger partial charge in [-0.05, 0) is 81.0 Å². The van der Waals surface area contributed by atoms with Crippen LogP contribution in [0, 0.1) is 34.8 Å². The Morgan fingerprint density at radius 2 is 1.96 bits per heavy atom. The maximum absolute atomic E-state index is 17.1. The minimum absolute atomic E-state index is 0.0150. The molecule has 278 valence electrons. The molecule has 1 spiro atoms. The molecular formula is C40H43F2N5O5S. The Balaban J connectivity index is 1.11. The van der Waals surface area contributed by atoms with Crippen LogP contribution in [0.25, 0.3) is 32.9 Å². The number of phenolic OH excluding ortho intramolecular Hbond substituents is 1. The molecule has 2 aromatic heterocycles. The Morgan fingerprint density at radius 3 is 2.75 bits per heavy atom. The first kappa shape index (κ1) is 34.8. The molecule has 9 rings (SSSR count). The molecular weight excluding hydrogens is 701 g/mol. The molecule has 3 saturated heterocycles. The number of rotatable bonds is 6. The van der Waals surface area contributed by atoms with E-state index < -0.39 is 28.0 Å². The molecule has 2 saturated carbocycles. The number of terminal acetylenes is 1. The van der Waals surface area contributed by atoms with Crippen LogP contribution in [0.2, 0.25) is 0 Å². The first-order valence-electron chi connectivity index (χ1n) is 18.5. The van der Waals surface area contributed by atoms with E-state index in [1.54, 1.807) is 6.92 Å². The van der Waals surface area contributed by atoms with Crippen LogP contribution in [-0.4, -0.2) is 103 Å². The number of likely N-dealkylation sites (tertiary alicyclic amines) is 1. The highest BCUT2D eigenvalue weighted by molar-refractivity contribution is 7.86. The number of phenols is 1. The van der Waals surface area contributed by atoms with Crippen molar-refractivity contribution in [3.63, 3.8) is 0 Å². The highest BCUT2D eigenvalue weighted by Crippen LogP contribution is 2.55. The molecule has 2 unspecified atom stereocenters. The molecule has 13 heteroatoms. The number of fused-ring (bicyclic) bond motifs is 3. The normalized spacial score (nSPS) is 31.5. The Morgan fingerprint density at radius 1 is 1.15 bits per heavy atom. The zero-order valence-corrected chi connectivity index (χ0v) is 30.6. The van der Waals surface area contributed by atoms with Crippen molar-refractivity contribution in [2.24, 2.45) is 10.8 Å². The van der Waals surface area contributed by atoms with Gasteiger partial charge in [-0.3, -0.25) is 14.1 Å². The Bertz CT molecular complexity index is 2200. The van der Waals surface area contributed by atoms with Crippen LogP contribution in [0.15, 0.2) is 30.5 Å². The number of hydrogen-bond donors (Lipinski definition) is 2. The Hall–Kier alpha value is -3.96. The summed E-state index contributed by atoms with van der Waals surface area (Å²) in [5.41, 5.74) is -1.17. The van der Waals surface area contributed by atoms with Gasteiger partial charge in [-0.1, -0.05) is 18.4 Å². The van der Waals surface area contributed by atoms with Gasteiger partial charge in [0.1, 0.15) is 34.2 Å². The number of aromatic hydroxyl groups is 1. The summed E-state index contributed by atoms with van der Waals surface area (Å²) in [6.45, 7) is 4.11. The lowest BCUT2D eigenvalue weighted by molar-refractivity contribution is -0.0719. The number of pyridine rings is 1. The van der Waals surface area contributed by atoms with Crippen molar-refractivity contribution >= 4 is 38.3 Å². The number of β-amino-alcohol motifs (C(OH)–C–C–N with tert-alkyl or cyclic N) is 1. The molecule has 5 heterocycles. The second kappa shape index (κ2) is 12.8. The van der Waals surface area contributed by atoms with E-state index in [0.29, 0.717) is 48.4 Å². The zero-order chi connectivity index (χ0) is 36.7. The highest BCUT2D eigenvalue weighted by Gasteiger charge is 2.58. The lowest BCUT2D eigenvalue weighted by Gasteiger charge is -2.60. The van der Waals surface area contributed by atoms with Crippen molar-refractivity contribution in [1.82, 2.24) is 19.9 Å². The smallest absolute Gasteiger partial charge is 0.319 e. The van der Waals surface area contributed by atoms with Gasteiger partial charge in [0, 0.05) is 63.5 Å². The first-order chi connectivity index (χ1) is 25.5. The van der Waals surface area contributed by atoms with Gasteiger partial charge in [0.25, 0.3) is 0 Å². The molecule has 2 aliphatic carbocycles. The number of aliphatic hydroxyl groups is 1. The molecule has 3 aliphatic heterocycles. The van der Waals surface area contributed by atoms with Gasteiger partial charge in [0.2, 0.25) is 0 Å². The molecule has 3 atom stereocenters. The standard InChI is InChI=1S/C40H43F2N5O5S/c1-3-27-30(41)8-7-24-14-26(48)15-28(32(24)27)34-33(42)35-29(18-43-34)36(46-12-13-51-20-38(2,49)19-46)45-37(44-35)52-21-40-9-4-6-31(40)47(11-5-10-40)25-16-39(17-25)22-53(50)23-39/h1,7-8,14-15,18,25,31,48-49H,4-6,9-13,16-17,19-23H2,2H3/t25?,31?,38-,39?,40?,53?/m0/s1. The lowest BCUT2D eigenvalue weighted by atomic mass is 9.64. The van der Waals surface area contributed by atoms with Gasteiger partial charge in [0.05, 0.1) is 37.3 Å². The van der Waals surface area contributed by atoms with Gasteiger partial charge in [0.15, 0.2) is 5.82 Å². The molecule has 2 N–H and O–H groups in total. The molecule has 2 aromatic carbocycles. The van der Waals surface area contributed by atoms with Crippen LogP contribution < -0.4 is 9.64 Å². The van der Waals surface area contributed by atoms with E-state index in [-0.39, 0.29) is 63.5 Å². The molecule has 4 aromatic rings. The average Bonchev–Trinajstić information content (AvgIpc) is 3.45. The third-order valence-electron chi connectivity index (χ3n) is 12.4. The maximum atomic E-state index is 17.1. The minimum Gasteiger partial charge on any atom is -0.508 e. The number of ether oxygens (including phenoxy) is 2. The number of piperidine rings is 1. The van der Waals surface area contributed by atoms with E-state index in [4.69, 9.17) is 20.9 Å². The number of nitrogens with zero attached hydrogens (tertiary/aromatic N) is 5. The van der Waals surface area contributed by atoms with Crippen molar-refractivity contribution in [1.29, 1.82) is 0 Å². The SMILES string of the molecule is C#Cc1c(F)ccc2cc(O)cc(-c3ncc4c(N5CCOC[C@@](C)(O)C5)nc(OCC56CCCC5N(C5CC7(C5)CS(=O)C7)CCC6)nc4c3F)c12. The fourth-order valence-electron chi connectivity index (χ4n) is 10.1. The van der Waals surface area contributed by atoms with Crippen LogP contribution in [-0.2, 0) is 15.5 Å². The monoisotopic (exact) mass is 743 g/mol. The van der Waals surface area contributed by atoms with Crippen molar-refractivity contribution in [2.45, 2.75) is 69.6 Å². The summed E-state index contributed by atoms with van der Waals surface area (Å²) in [6, 6.07) is 6.35. The van der Waals surface area contributed by atoms with E-state index in [9.17, 15) is 18.8 Å². The minimum atomic E-state index is -1.20. The van der Waals surface area contributed by atoms with Gasteiger partial charge < -0.3 is 24.6 Å². The summed E-state index contributed by atoms with van der Waals surface area (Å²) in [4.78, 5) is 18.6. The third-order valence-corrected chi connectivity index (χ3v) is 14.3. The first-order valence-corrected chi connectivity index (χ1v) is 20.0. The summed E-state index contributed by atoms with van der Waals surface area (Å²) >= 11 is 0. The molecule has 10 nitrogen and oxygen atoms in total. The average molecular weight is 744 g/mol. The molecule has 0 radical (unpaired) electrons. The second-order valence-corrected chi connectivity index (χ2v) is 17.8. The second-order valence-electron chi connectivity index (χ2n) is 16.3. The van der Waals surface area contributed by atoms with E-state index in [1.165, 1.54) is 30.5 Å². The van der Waals surface area contributed by atoms with Crippen LogP contribution in [0.4, 0.5) is 14.6 Å². The fourth-order valence-corrected chi connectivity index (χ4v) is 11.8. The lowest BCUT2D eigenvalue weighted by Crippen LogP contribution is -2.65. The van der Waals surface area contributed by atoms with Crippen molar-refractivity contribution < 1.29 is 32.7 Å².